The van der Waals surface area contributed by atoms with Crippen LogP contribution in [0.3, 0.4) is 0 Å². The molecule has 0 amide bonds. The lowest BCUT2D eigenvalue weighted by atomic mass is 9.69. The van der Waals surface area contributed by atoms with E-state index in [9.17, 15) is 25.5 Å². The van der Waals surface area contributed by atoms with E-state index in [1.54, 1.807) is 97.1 Å². The third kappa shape index (κ3) is 4.43. The van der Waals surface area contributed by atoms with Crippen molar-refractivity contribution in [3.8, 4) is 51.0 Å². The number of hydrogen-bond donors (Lipinski definition) is 5. The summed E-state index contributed by atoms with van der Waals surface area (Å²) >= 11 is 0. The molecule has 5 heteroatoms. The molecular weight excluding hydrogens is 464 g/mol. The van der Waals surface area contributed by atoms with Gasteiger partial charge in [0.1, 0.15) is 28.7 Å². The Labute approximate surface area is 214 Å². The molecule has 0 saturated heterocycles. The Morgan fingerprint density at radius 2 is 0.730 bits per heavy atom. The predicted molar refractivity (Wildman–Crippen MR) is 144 cm³/mol. The van der Waals surface area contributed by atoms with Crippen molar-refractivity contribution >= 4 is 0 Å². The average Bonchev–Trinajstić information content (AvgIpc) is 2.90. The van der Waals surface area contributed by atoms with Gasteiger partial charge in [-0.1, -0.05) is 48.5 Å². The molecule has 5 N–H and O–H groups in total. The average molecular weight is 491 g/mol. The standard InChI is InChI=1S/C32H26O5/c1-32(24-8-14-27(35)15-9-24,28-18-22(6-16-30(28)36)20-2-10-25(33)11-3-20)29-19-23(7-17-31(29)37)21-4-12-26(34)13-5-21/h2-19,33-37H,1H3. The predicted octanol–water partition coefficient (Wildman–Crippen LogP) is 6.90. The van der Waals surface area contributed by atoms with Crippen LogP contribution < -0.4 is 0 Å². The van der Waals surface area contributed by atoms with Crippen LogP contribution in [0, 0.1) is 0 Å². The quantitative estimate of drug-likeness (QED) is 0.173. The minimum absolute atomic E-state index is 0.0486. The monoisotopic (exact) mass is 490 g/mol. The first-order valence-corrected chi connectivity index (χ1v) is 11.8. The van der Waals surface area contributed by atoms with Gasteiger partial charge in [-0.15, -0.1) is 0 Å². The molecule has 0 radical (unpaired) electrons. The molecular formula is C32H26O5. The summed E-state index contributed by atoms with van der Waals surface area (Å²) in [4.78, 5) is 0. The third-order valence-electron chi connectivity index (χ3n) is 6.92. The van der Waals surface area contributed by atoms with E-state index in [0.29, 0.717) is 11.1 Å². The van der Waals surface area contributed by atoms with Crippen LogP contribution in [-0.4, -0.2) is 25.5 Å². The molecule has 0 saturated carbocycles. The summed E-state index contributed by atoms with van der Waals surface area (Å²) in [5, 5.41) is 51.7. The largest absolute Gasteiger partial charge is 0.508 e. The van der Waals surface area contributed by atoms with Gasteiger partial charge in [-0.3, -0.25) is 0 Å². The molecule has 37 heavy (non-hydrogen) atoms. The van der Waals surface area contributed by atoms with Gasteiger partial charge < -0.3 is 25.5 Å². The van der Waals surface area contributed by atoms with E-state index < -0.39 is 5.41 Å². The van der Waals surface area contributed by atoms with Crippen molar-refractivity contribution < 1.29 is 25.5 Å². The van der Waals surface area contributed by atoms with Gasteiger partial charge in [0.25, 0.3) is 0 Å². The molecule has 184 valence electrons. The van der Waals surface area contributed by atoms with E-state index in [-0.39, 0.29) is 28.7 Å². The Morgan fingerprint density at radius 1 is 0.405 bits per heavy atom. The highest BCUT2D eigenvalue weighted by molar-refractivity contribution is 5.72. The zero-order valence-electron chi connectivity index (χ0n) is 20.1. The van der Waals surface area contributed by atoms with Crippen LogP contribution in [0.5, 0.6) is 28.7 Å². The van der Waals surface area contributed by atoms with Crippen LogP contribution in [-0.2, 0) is 5.41 Å². The van der Waals surface area contributed by atoms with Crippen LogP contribution in [0.2, 0.25) is 0 Å². The number of aromatic hydroxyl groups is 5. The van der Waals surface area contributed by atoms with Gasteiger partial charge in [0, 0.05) is 16.5 Å². The second-order valence-corrected chi connectivity index (χ2v) is 9.23. The summed E-state index contributed by atoms with van der Waals surface area (Å²) in [6, 6.07) is 30.9. The van der Waals surface area contributed by atoms with Crippen molar-refractivity contribution in [2.45, 2.75) is 12.3 Å². The van der Waals surface area contributed by atoms with Crippen LogP contribution >= 0.6 is 0 Å². The first-order chi connectivity index (χ1) is 17.8. The summed E-state index contributed by atoms with van der Waals surface area (Å²) in [6.45, 7) is 1.92. The van der Waals surface area contributed by atoms with Gasteiger partial charge in [0.05, 0.1) is 0 Å². The molecule has 0 heterocycles. The minimum Gasteiger partial charge on any atom is -0.508 e. The smallest absolute Gasteiger partial charge is 0.120 e. The highest BCUT2D eigenvalue weighted by atomic mass is 16.3. The molecule has 0 spiro atoms. The summed E-state index contributed by atoms with van der Waals surface area (Å²) in [6.07, 6.45) is 0. The van der Waals surface area contributed by atoms with Gasteiger partial charge >= 0.3 is 0 Å². The van der Waals surface area contributed by atoms with Crippen molar-refractivity contribution in [1.29, 1.82) is 0 Å². The molecule has 0 atom stereocenters. The van der Waals surface area contributed by atoms with E-state index in [4.69, 9.17) is 0 Å². The lowest BCUT2D eigenvalue weighted by Gasteiger charge is -2.33. The van der Waals surface area contributed by atoms with E-state index >= 15 is 0 Å². The van der Waals surface area contributed by atoms with Gasteiger partial charge in [-0.25, -0.2) is 0 Å². The number of phenols is 5. The second kappa shape index (κ2) is 9.28. The molecule has 0 unspecified atom stereocenters. The maximum Gasteiger partial charge on any atom is 0.120 e. The molecule has 0 aliphatic carbocycles. The molecule has 0 fully saturated rings. The zero-order valence-corrected chi connectivity index (χ0v) is 20.1. The van der Waals surface area contributed by atoms with Crippen molar-refractivity contribution in [3.63, 3.8) is 0 Å². The third-order valence-corrected chi connectivity index (χ3v) is 6.92. The Morgan fingerprint density at radius 3 is 1.11 bits per heavy atom. The van der Waals surface area contributed by atoms with Gasteiger partial charge in [-0.2, -0.15) is 0 Å². The highest BCUT2D eigenvalue weighted by Crippen LogP contribution is 2.48. The fraction of sp³-hybridized carbons (Fsp3) is 0.0625. The maximum atomic E-state index is 11.1. The number of rotatable bonds is 5. The Balaban J connectivity index is 1.76. The summed E-state index contributed by atoms with van der Waals surface area (Å²) in [5.74, 6) is 0.524. The van der Waals surface area contributed by atoms with Crippen LogP contribution in [0.1, 0.15) is 23.6 Å². The Kier molecular flexibility index (Phi) is 5.98. The fourth-order valence-electron chi connectivity index (χ4n) is 4.79. The molecule has 5 aromatic carbocycles. The van der Waals surface area contributed by atoms with E-state index in [1.807, 2.05) is 19.1 Å². The molecule has 0 aliphatic rings. The molecule has 0 bridgehead atoms. The SMILES string of the molecule is CC(c1ccc(O)cc1)(c1cc(-c2ccc(O)cc2)ccc1O)c1cc(-c2ccc(O)cc2)ccc1O. The molecule has 0 aromatic heterocycles. The topological polar surface area (TPSA) is 101 Å². The normalized spacial score (nSPS) is 11.4. The van der Waals surface area contributed by atoms with Crippen LogP contribution in [0.4, 0.5) is 0 Å². The number of benzene rings is 5. The van der Waals surface area contributed by atoms with Crippen LogP contribution in [0.15, 0.2) is 109 Å². The maximum absolute atomic E-state index is 11.1. The van der Waals surface area contributed by atoms with Crippen molar-refractivity contribution in [1.82, 2.24) is 0 Å². The van der Waals surface area contributed by atoms with Gasteiger partial charge in [-0.05, 0) is 95.4 Å². The summed E-state index contributed by atoms with van der Waals surface area (Å²) in [5.41, 5.74) is 4.20. The number of hydrogen-bond acceptors (Lipinski definition) is 5. The van der Waals surface area contributed by atoms with Crippen molar-refractivity contribution in [3.05, 3.63) is 126 Å². The van der Waals surface area contributed by atoms with Gasteiger partial charge in [0.2, 0.25) is 0 Å². The first-order valence-electron chi connectivity index (χ1n) is 11.8. The lowest BCUT2D eigenvalue weighted by Crippen LogP contribution is -2.26. The lowest BCUT2D eigenvalue weighted by molar-refractivity contribution is 0.442. The molecule has 5 nitrogen and oxygen atoms in total. The Hall–Kier alpha value is -4.90. The zero-order chi connectivity index (χ0) is 26.2. The van der Waals surface area contributed by atoms with Crippen molar-refractivity contribution in [2.75, 3.05) is 0 Å². The summed E-state index contributed by atoms with van der Waals surface area (Å²) in [7, 11) is 0. The van der Waals surface area contributed by atoms with E-state index in [1.165, 1.54) is 0 Å². The van der Waals surface area contributed by atoms with E-state index in [0.717, 1.165) is 27.8 Å². The fourth-order valence-corrected chi connectivity index (χ4v) is 4.79. The number of phenolic OH excluding ortho intramolecular Hbond substituents is 5. The molecule has 5 rings (SSSR count). The second-order valence-electron chi connectivity index (χ2n) is 9.23. The van der Waals surface area contributed by atoms with Gasteiger partial charge in [0.15, 0.2) is 0 Å². The molecule has 0 aliphatic heterocycles. The minimum atomic E-state index is -1.03. The first kappa shape index (κ1) is 23.8. The van der Waals surface area contributed by atoms with E-state index in [2.05, 4.69) is 0 Å². The molecule has 5 aromatic rings. The van der Waals surface area contributed by atoms with Crippen molar-refractivity contribution in [2.24, 2.45) is 0 Å². The Bertz CT molecular complexity index is 1460. The summed E-state index contributed by atoms with van der Waals surface area (Å²) < 4.78 is 0. The highest BCUT2D eigenvalue weighted by Gasteiger charge is 2.36. The van der Waals surface area contributed by atoms with Crippen LogP contribution in [0.25, 0.3) is 22.3 Å².